The third-order valence-electron chi connectivity index (χ3n) is 5.45. The summed E-state index contributed by atoms with van der Waals surface area (Å²) in [5, 5.41) is 2.94. The second-order valence-electron chi connectivity index (χ2n) is 8.57. The Morgan fingerprint density at radius 2 is 1.81 bits per heavy atom. The molecule has 194 valence electrons. The molecule has 12 heteroatoms. The zero-order chi connectivity index (χ0) is 26.6. The second kappa shape index (κ2) is 11.3. The number of carbonyl (C=O) groups is 2. The summed E-state index contributed by atoms with van der Waals surface area (Å²) in [5.41, 5.74) is 0.427. The summed E-state index contributed by atoms with van der Waals surface area (Å²) in [6.07, 6.45) is 1.27. The molecule has 0 aliphatic heterocycles. The Bertz CT molecular complexity index is 1420. The number of esters is 1. The maximum absolute atomic E-state index is 13.0. The van der Waals surface area contributed by atoms with E-state index >= 15 is 0 Å². The molecule has 0 saturated heterocycles. The molecule has 0 saturated carbocycles. The van der Waals surface area contributed by atoms with Gasteiger partial charge in [-0.05, 0) is 42.7 Å². The third kappa shape index (κ3) is 5.82. The van der Waals surface area contributed by atoms with Gasteiger partial charge >= 0.3 is 5.97 Å². The highest BCUT2D eigenvalue weighted by Gasteiger charge is 2.23. The molecule has 2 aromatic heterocycles. The van der Waals surface area contributed by atoms with E-state index in [1.54, 1.807) is 20.8 Å². The van der Waals surface area contributed by atoms with Gasteiger partial charge in [-0.15, -0.1) is 11.3 Å². The molecule has 10 nitrogen and oxygen atoms in total. The van der Waals surface area contributed by atoms with Crippen LogP contribution in [-0.4, -0.2) is 53.8 Å². The summed E-state index contributed by atoms with van der Waals surface area (Å²) >= 11 is 1.08. The van der Waals surface area contributed by atoms with E-state index in [1.165, 1.54) is 39.5 Å². The van der Waals surface area contributed by atoms with Crippen LogP contribution in [0.1, 0.15) is 42.9 Å². The van der Waals surface area contributed by atoms with Gasteiger partial charge in [0.15, 0.2) is 0 Å². The molecule has 0 atom stereocenters. The lowest BCUT2D eigenvalue weighted by Gasteiger charge is -2.18. The monoisotopic (exact) mass is 534 g/mol. The summed E-state index contributed by atoms with van der Waals surface area (Å²) in [7, 11) is -3.60. The van der Waals surface area contributed by atoms with Crippen molar-refractivity contribution in [2.24, 2.45) is 5.92 Å². The van der Waals surface area contributed by atoms with Gasteiger partial charge in [-0.2, -0.15) is 4.31 Å². The molecule has 3 rings (SSSR count). The van der Waals surface area contributed by atoms with E-state index in [9.17, 15) is 22.8 Å². The fourth-order valence-electron chi connectivity index (χ4n) is 3.55. The minimum atomic E-state index is -3.60. The van der Waals surface area contributed by atoms with Crippen LogP contribution >= 0.6 is 11.3 Å². The first-order valence-electron chi connectivity index (χ1n) is 11.5. The molecular formula is C24H30N4O6S2. The minimum absolute atomic E-state index is 0.130. The Morgan fingerprint density at radius 3 is 2.39 bits per heavy atom. The quantitative estimate of drug-likeness (QED) is 0.396. The number of hydrogen-bond acceptors (Lipinski definition) is 8. The lowest BCUT2D eigenvalue weighted by atomic mass is 10.2. The zero-order valence-corrected chi connectivity index (χ0v) is 22.5. The Labute approximate surface area is 214 Å². The first kappa shape index (κ1) is 27.5. The predicted octanol–water partition coefficient (Wildman–Crippen LogP) is 3.25. The largest absolute Gasteiger partial charge is 0.461 e. The predicted molar refractivity (Wildman–Crippen MR) is 139 cm³/mol. The van der Waals surface area contributed by atoms with Crippen LogP contribution in [0.5, 0.6) is 0 Å². The molecule has 0 spiro atoms. The molecule has 0 unspecified atom stereocenters. The number of nitrogens with one attached hydrogen (secondary N) is 1. The summed E-state index contributed by atoms with van der Waals surface area (Å²) in [6.45, 7) is 9.73. The molecule has 0 aliphatic rings. The molecule has 0 bridgehead atoms. The van der Waals surface area contributed by atoms with E-state index in [-0.39, 0.29) is 29.4 Å². The number of fused-ring (bicyclic) bond motifs is 1. The highest BCUT2D eigenvalue weighted by molar-refractivity contribution is 7.89. The number of ether oxygens (including phenoxy) is 1. The van der Waals surface area contributed by atoms with Crippen molar-refractivity contribution in [3.63, 3.8) is 0 Å². The van der Waals surface area contributed by atoms with E-state index in [1.807, 2.05) is 13.8 Å². The lowest BCUT2D eigenvalue weighted by Crippen LogP contribution is -2.30. The molecule has 1 aromatic carbocycles. The molecule has 36 heavy (non-hydrogen) atoms. The fraction of sp³-hybridized carbons (Fsp3) is 0.417. The molecule has 1 N–H and O–H groups in total. The van der Waals surface area contributed by atoms with Crippen LogP contribution in [0, 0.1) is 12.8 Å². The van der Waals surface area contributed by atoms with Crippen molar-refractivity contribution >= 4 is 49.1 Å². The second-order valence-corrected chi connectivity index (χ2v) is 11.5. The smallest absolute Gasteiger partial charge is 0.348 e. The normalized spacial score (nSPS) is 11.9. The number of aryl methyl sites for hydroxylation is 1. The number of anilines is 1. The number of aromatic nitrogens is 2. The highest BCUT2D eigenvalue weighted by Crippen LogP contribution is 2.27. The van der Waals surface area contributed by atoms with Gasteiger partial charge < -0.3 is 10.1 Å². The molecule has 2 heterocycles. The molecule has 0 radical (unpaired) electrons. The first-order chi connectivity index (χ1) is 17.0. The number of amides is 1. The number of thiophene rings is 1. The number of benzene rings is 1. The Kier molecular flexibility index (Phi) is 8.64. The van der Waals surface area contributed by atoms with Crippen molar-refractivity contribution in [2.75, 3.05) is 25.0 Å². The van der Waals surface area contributed by atoms with Crippen LogP contribution in [0.3, 0.4) is 0 Å². The van der Waals surface area contributed by atoms with Gasteiger partial charge in [0.1, 0.15) is 16.3 Å². The minimum Gasteiger partial charge on any atom is -0.461 e. The fourth-order valence-corrected chi connectivity index (χ4v) is 6.04. The molecule has 0 fully saturated rings. The SMILES string of the molecule is CCN(CC)S(=O)(=O)c1ccc(NC(=O)Cn2cnc3sc(C(=O)OCC(C)C)c(C)c3c2=O)cc1. The van der Waals surface area contributed by atoms with Gasteiger partial charge in [0.05, 0.1) is 23.2 Å². The van der Waals surface area contributed by atoms with E-state index in [4.69, 9.17) is 4.74 Å². The number of carbonyl (C=O) groups excluding carboxylic acids is 2. The van der Waals surface area contributed by atoms with Gasteiger partial charge in [-0.25, -0.2) is 18.2 Å². The van der Waals surface area contributed by atoms with E-state index in [0.29, 0.717) is 34.0 Å². The first-order valence-corrected chi connectivity index (χ1v) is 13.8. The highest BCUT2D eigenvalue weighted by atomic mass is 32.2. The van der Waals surface area contributed by atoms with Crippen molar-refractivity contribution in [1.29, 1.82) is 0 Å². The zero-order valence-electron chi connectivity index (χ0n) is 20.9. The van der Waals surface area contributed by atoms with Gasteiger partial charge in [0.2, 0.25) is 15.9 Å². The van der Waals surface area contributed by atoms with E-state index < -0.39 is 27.5 Å². The summed E-state index contributed by atoms with van der Waals surface area (Å²) in [4.78, 5) is 43.2. The van der Waals surface area contributed by atoms with Crippen LogP contribution in [-0.2, 0) is 26.1 Å². The maximum Gasteiger partial charge on any atom is 0.348 e. The van der Waals surface area contributed by atoms with Gasteiger partial charge in [-0.1, -0.05) is 27.7 Å². The van der Waals surface area contributed by atoms with Crippen molar-refractivity contribution in [2.45, 2.75) is 46.1 Å². The standard InChI is InChI=1S/C24H30N4O6S2/c1-6-28(7-2)36(32,33)18-10-8-17(9-11-18)26-19(29)12-27-14-25-22-20(23(27)30)16(5)21(35-22)24(31)34-13-15(3)4/h8-11,14-15H,6-7,12-13H2,1-5H3,(H,26,29). The molecule has 1 amide bonds. The van der Waals surface area contributed by atoms with Crippen molar-refractivity contribution in [1.82, 2.24) is 13.9 Å². The number of nitrogens with zero attached hydrogens (tertiary/aromatic N) is 3. The number of rotatable bonds is 10. The Balaban J connectivity index is 1.76. The van der Waals surface area contributed by atoms with Crippen LogP contribution < -0.4 is 10.9 Å². The maximum atomic E-state index is 13.0. The molecular weight excluding hydrogens is 504 g/mol. The van der Waals surface area contributed by atoms with Crippen LogP contribution in [0.2, 0.25) is 0 Å². The Hall–Kier alpha value is -3.09. The average molecular weight is 535 g/mol. The van der Waals surface area contributed by atoms with Gasteiger partial charge in [-0.3, -0.25) is 14.2 Å². The average Bonchev–Trinajstić information content (AvgIpc) is 3.17. The van der Waals surface area contributed by atoms with E-state index in [0.717, 1.165) is 11.3 Å². The summed E-state index contributed by atoms with van der Waals surface area (Å²) in [5.74, 6) is -0.804. The van der Waals surface area contributed by atoms with Crippen LogP contribution in [0.4, 0.5) is 5.69 Å². The van der Waals surface area contributed by atoms with Gasteiger partial charge in [0.25, 0.3) is 5.56 Å². The van der Waals surface area contributed by atoms with Gasteiger partial charge in [0, 0.05) is 18.8 Å². The van der Waals surface area contributed by atoms with E-state index in [2.05, 4.69) is 10.3 Å². The number of hydrogen-bond donors (Lipinski definition) is 1. The molecule has 3 aromatic rings. The van der Waals surface area contributed by atoms with Crippen molar-refractivity contribution < 1.29 is 22.7 Å². The molecule has 0 aliphatic carbocycles. The summed E-state index contributed by atoms with van der Waals surface area (Å²) < 4.78 is 33.0. The summed E-state index contributed by atoms with van der Waals surface area (Å²) in [6, 6.07) is 5.85. The van der Waals surface area contributed by atoms with Crippen molar-refractivity contribution in [3.8, 4) is 0 Å². The topological polar surface area (TPSA) is 128 Å². The Morgan fingerprint density at radius 1 is 1.17 bits per heavy atom. The van der Waals surface area contributed by atoms with Crippen LogP contribution in [0.15, 0.2) is 40.3 Å². The van der Waals surface area contributed by atoms with Crippen molar-refractivity contribution in [3.05, 3.63) is 51.4 Å². The lowest BCUT2D eigenvalue weighted by molar-refractivity contribution is -0.116. The number of sulfonamides is 1. The third-order valence-corrected chi connectivity index (χ3v) is 8.69. The van der Waals surface area contributed by atoms with Crippen LogP contribution in [0.25, 0.3) is 10.2 Å².